The molecule has 0 bridgehead atoms. The van der Waals surface area contributed by atoms with Crippen molar-refractivity contribution < 1.29 is 9.59 Å². The molecule has 7 heterocycles. The highest BCUT2D eigenvalue weighted by Crippen LogP contribution is 2.36. The van der Waals surface area contributed by atoms with Crippen molar-refractivity contribution >= 4 is 34.1 Å². The van der Waals surface area contributed by atoms with E-state index in [0.29, 0.717) is 30.0 Å². The van der Waals surface area contributed by atoms with Crippen LogP contribution in [-0.4, -0.2) is 99.1 Å². The maximum Gasteiger partial charge on any atom is 0.329 e. The predicted octanol–water partition coefficient (Wildman–Crippen LogP) is 5.31. The minimum atomic E-state index is -0.687. The van der Waals surface area contributed by atoms with Crippen LogP contribution in [0.4, 0.5) is 5.69 Å². The van der Waals surface area contributed by atoms with Gasteiger partial charge in [-0.05, 0) is 121 Å². The molecule has 0 radical (unpaired) electrons. The third-order valence-electron chi connectivity index (χ3n) is 13.0. The van der Waals surface area contributed by atoms with Crippen LogP contribution in [0.5, 0.6) is 0 Å². The van der Waals surface area contributed by atoms with Crippen LogP contribution < -0.4 is 16.3 Å². The molecule has 2 saturated heterocycles. The number of imidazole rings is 1. The molecule has 2 amide bonds. The lowest BCUT2D eigenvalue weighted by Gasteiger charge is -2.39. The number of pyridine rings is 1. The van der Waals surface area contributed by atoms with Crippen molar-refractivity contribution in [2.75, 3.05) is 32.0 Å². The van der Waals surface area contributed by atoms with Crippen LogP contribution in [0, 0.1) is 17.2 Å². The number of benzene rings is 1. The normalized spacial score (nSPS) is 20.5. The molecule has 1 aromatic carbocycles. The molecule has 16 heteroatoms. The van der Waals surface area contributed by atoms with Crippen molar-refractivity contribution in [2.24, 2.45) is 13.0 Å². The van der Waals surface area contributed by atoms with E-state index in [1.54, 1.807) is 26.9 Å². The molecule has 1 saturated carbocycles. The molecule has 61 heavy (non-hydrogen) atoms. The Hall–Kier alpha value is -6.18. The monoisotopic (exact) mass is 823 g/mol. The summed E-state index contributed by atoms with van der Waals surface area (Å²) in [5.74, 6) is -0.0645. The SMILES string of the molecule is CC(C)Nc1cc(-c2ccc3cc(C#N)cnn23)ncc1-c1cn(C2CCC(CN(C)C3CCN(Cc4cccc5c4n(C)c(=O)n5C4CCC(=O)NC4=O)CC3)CC2)nn1. The topological polar surface area (TPSA) is 176 Å². The number of fused-ring (bicyclic) bond motifs is 2. The van der Waals surface area contributed by atoms with Crippen LogP contribution in [0.25, 0.3) is 39.2 Å². The van der Waals surface area contributed by atoms with Crippen molar-refractivity contribution in [1.82, 2.24) is 53.8 Å². The molecule has 3 aliphatic rings. The quantitative estimate of drug-likeness (QED) is 0.162. The lowest BCUT2D eigenvalue weighted by molar-refractivity contribution is -0.135. The number of carbonyl (C=O) groups is 2. The number of para-hydroxylation sites is 1. The second-order valence-electron chi connectivity index (χ2n) is 17.5. The number of anilines is 1. The minimum absolute atomic E-state index is 0.192. The highest BCUT2D eigenvalue weighted by atomic mass is 16.2. The maximum atomic E-state index is 13.4. The molecule has 3 fully saturated rings. The number of aromatic nitrogens is 8. The van der Waals surface area contributed by atoms with Crippen LogP contribution in [-0.2, 0) is 23.2 Å². The van der Waals surface area contributed by atoms with Gasteiger partial charge in [0.15, 0.2) is 0 Å². The maximum absolute atomic E-state index is 13.4. The van der Waals surface area contributed by atoms with Gasteiger partial charge in [-0.15, -0.1) is 5.10 Å². The van der Waals surface area contributed by atoms with Gasteiger partial charge in [0.1, 0.15) is 17.8 Å². The largest absolute Gasteiger partial charge is 0.382 e. The molecule has 316 valence electrons. The average Bonchev–Trinajstić information content (AvgIpc) is 3.98. The molecule has 0 spiro atoms. The van der Waals surface area contributed by atoms with Crippen molar-refractivity contribution in [3.05, 3.63) is 82.7 Å². The first-order valence-electron chi connectivity index (χ1n) is 21.6. The molecule has 6 aromatic rings. The summed E-state index contributed by atoms with van der Waals surface area (Å²) in [7, 11) is 4.06. The molecular formula is C45H53N13O3. The number of piperidine rings is 2. The van der Waals surface area contributed by atoms with E-state index >= 15 is 0 Å². The number of rotatable bonds is 11. The fourth-order valence-electron chi connectivity index (χ4n) is 9.85. The number of nitrogens with one attached hydrogen (secondary N) is 2. The molecule has 1 atom stereocenters. The number of imide groups is 1. The summed E-state index contributed by atoms with van der Waals surface area (Å²) in [6.45, 7) is 8.00. The van der Waals surface area contributed by atoms with E-state index in [1.165, 1.54) is 0 Å². The number of nitriles is 1. The third-order valence-corrected chi connectivity index (χ3v) is 13.0. The number of nitrogens with zero attached hydrogens (tertiary/aromatic N) is 11. The van der Waals surface area contributed by atoms with Crippen molar-refractivity contribution in [1.29, 1.82) is 5.26 Å². The van der Waals surface area contributed by atoms with E-state index in [1.807, 2.05) is 42.6 Å². The van der Waals surface area contributed by atoms with E-state index in [2.05, 4.69) is 79.8 Å². The lowest BCUT2D eigenvalue weighted by atomic mass is 9.85. The Bertz CT molecular complexity index is 2700. The summed E-state index contributed by atoms with van der Waals surface area (Å²) in [5.41, 5.74) is 8.02. The summed E-state index contributed by atoms with van der Waals surface area (Å²) in [6.07, 6.45) is 12.7. The Balaban J connectivity index is 0.791. The van der Waals surface area contributed by atoms with Crippen molar-refractivity contribution in [2.45, 2.75) is 95.9 Å². The zero-order valence-corrected chi connectivity index (χ0v) is 35.3. The van der Waals surface area contributed by atoms with Gasteiger partial charge < -0.3 is 10.2 Å². The second kappa shape index (κ2) is 16.7. The number of hydrogen-bond acceptors (Lipinski definition) is 11. The van der Waals surface area contributed by atoms with Crippen LogP contribution in [0.15, 0.2) is 65.8 Å². The fraction of sp³-hybridized carbons (Fsp3) is 0.467. The van der Waals surface area contributed by atoms with E-state index in [4.69, 9.17) is 4.98 Å². The first-order chi connectivity index (χ1) is 29.5. The van der Waals surface area contributed by atoms with Crippen LogP contribution in [0.1, 0.15) is 88.4 Å². The number of aryl methyl sites for hydroxylation is 1. The molecule has 2 aliphatic heterocycles. The predicted molar refractivity (Wildman–Crippen MR) is 231 cm³/mol. The Kier molecular flexibility index (Phi) is 11.0. The van der Waals surface area contributed by atoms with Gasteiger partial charge in [-0.2, -0.15) is 10.4 Å². The zero-order valence-electron chi connectivity index (χ0n) is 35.3. The van der Waals surface area contributed by atoms with Gasteiger partial charge in [0.25, 0.3) is 0 Å². The zero-order chi connectivity index (χ0) is 42.4. The molecule has 5 aromatic heterocycles. The van der Waals surface area contributed by atoms with Crippen LogP contribution in [0.2, 0.25) is 0 Å². The molecular weight excluding hydrogens is 771 g/mol. The van der Waals surface area contributed by atoms with Crippen molar-refractivity contribution in [3.8, 4) is 28.7 Å². The summed E-state index contributed by atoms with van der Waals surface area (Å²) in [4.78, 5) is 47.8. The second-order valence-corrected chi connectivity index (χ2v) is 17.5. The fourth-order valence-corrected chi connectivity index (χ4v) is 9.85. The Morgan fingerprint density at radius 3 is 2.54 bits per heavy atom. The van der Waals surface area contributed by atoms with E-state index < -0.39 is 11.9 Å². The van der Waals surface area contributed by atoms with E-state index in [-0.39, 0.29) is 24.1 Å². The molecule has 1 aliphatic carbocycles. The Morgan fingerprint density at radius 2 is 1.79 bits per heavy atom. The van der Waals surface area contributed by atoms with Gasteiger partial charge in [0.05, 0.1) is 51.9 Å². The summed E-state index contributed by atoms with van der Waals surface area (Å²) in [6, 6.07) is 16.2. The number of hydrogen-bond donors (Lipinski definition) is 2. The third kappa shape index (κ3) is 7.95. The molecule has 1 unspecified atom stereocenters. The van der Waals surface area contributed by atoms with Gasteiger partial charge >= 0.3 is 5.69 Å². The number of carbonyl (C=O) groups excluding carboxylic acids is 2. The summed E-state index contributed by atoms with van der Waals surface area (Å²) in [5, 5.41) is 29.0. The highest BCUT2D eigenvalue weighted by Gasteiger charge is 2.33. The van der Waals surface area contributed by atoms with Gasteiger partial charge in [0, 0.05) is 56.1 Å². The number of likely N-dealkylation sites (tertiary alicyclic amines) is 1. The molecule has 16 nitrogen and oxygen atoms in total. The Labute approximate surface area is 354 Å². The summed E-state index contributed by atoms with van der Waals surface area (Å²) < 4.78 is 7.08. The standard InChI is InChI=1S/C45H53N13O3/c1-28(2)49-36-21-37(39-13-12-34-20-30(22-46)23-48-58(34)39)47-24-35(36)38-27-56(52-51-38)33-10-8-29(9-11-33)25-53(3)32-16-18-55(19-17-32)26-31-6-5-7-40-43(31)54(4)45(61)57(40)41-14-15-42(59)50-44(41)60/h5-7,12-13,20-21,23-24,27-29,32-33,41H,8-11,14-19,25-26H2,1-4H3,(H,47,49)(H,50,59,60). The van der Waals surface area contributed by atoms with E-state index in [0.717, 1.165) is 115 Å². The van der Waals surface area contributed by atoms with Crippen LogP contribution >= 0.6 is 0 Å². The average molecular weight is 824 g/mol. The first-order valence-corrected chi connectivity index (χ1v) is 21.6. The Morgan fingerprint density at radius 1 is 0.984 bits per heavy atom. The number of amides is 2. The van der Waals surface area contributed by atoms with E-state index in [9.17, 15) is 19.6 Å². The minimum Gasteiger partial charge on any atom is -0.382 e. The van der Waals surface area contributed by atoms with Gasteiger partial charge in [-0.25, -0.2) is 14.0 Å². The first kappa shape index (κ1) is 40.2. The molecule has 2 N–H and O–H groups in total. The lowest BCUT2D eigenvalue weighted by Crippen LogP contribution is -2.44. The van der Waals surface area contributed by atoms with Crippen LogP contribution in [0.3, 0.4) is 0 Å². The summed E-state index contributed by atoms with van der Waals surface area (Å²) >= 11 is 0. The van der Waals surface area contributed by atoms with Gasteiger partial charge in [-0.3, -0.25) is 33.9 Å². The highest BCUT2D eigenvalue weighted by molar-refractivity contribution is 6.00. The smallest absolute Gasteiger partial charge is 0.329 e. The van der Waals surface area contributed by atoms with Gasteiger partial charge in [-0.1, -0.05) is 17.3 Å². The van der Waals surface area contributed by atoms with Crippen molar-refractivity contribution in [3.63, 3.8) is 0 Å². The molecule has 9 rings (SSSR count). The van der Waals surface area contributed by atoms with Gasteiger partial charge in [0.2, 0.25) is 11.8 Å².